The number of nitrogens with one attached hydrogen (secondary N) is 1. The lowest BCUT2D eigenvalue weighted by Gasteiger charge is -2.16. The molecule has 0 bridgehead atoms. The summed E-state index contributed by atoms with van der Waals surface area (Å²) in [5, 5.41) is 13.4. The van der Waals surface area contributed by atoms with Gasteiger partial charge in [0.15, 0.2) is 0 Å². The zero-order chi connectivity index (χ0) is 20.3. The average molecular weight is 377 g/mol. The molecule has 0 radical (unpaired) electrons. The molecule has 0 saturated carbocycles. The number of aromatic nitrogens is 1. The van der Waals surface area contributed by atoms with Crippen LogP contribution in [0.3, 0.4) is 0 Å². The van der Waals surface area contributed by atoms with Crippen LogP contribution in [0.2, 0.25) is 0 Å². The minimum atomic E-state index is -1.00. The SMILES string of the molecule is Cc1cccc(-c2cc3ccc(N(C)C)cc3c(NC(=O)CCC(=O)O)n2)c1. The van der Waals surface area contributed by atoms with Crippen LogP contribution in [-0.2, 0) is 9.59 Å². The zero-order valence-electron chi connectivity index (χ0n) is 16.2. The maximum absolute atomic E-state index is 12.3. The Hall–Kier alpha value is -3.41. The Balaban J connectivity index is 2.08. The molecule has 0 aliphatic rings. The van der Waals surface area contributed by atoms with E-state index in [1.807, 2.05) is 74.4 Å². The van der Waals surface area contributed by atoms with Gasteiger partial charge in [-0.25, -0.2) is 4.98 Å². The van der Waals surface area contributed by atoms with Crippen molar-refractivity contribution in [2.75, 3.05) is 24.3 Å². The maximum Gasteiger partial charge on any atom is 0.303 e. The summed E-state index contributed by atoms with van der Waals surface area (Å²) in [5.41, 5.74) is 3.81. The van der Waals surface area contributed by atoms with Crippen molar-refractivity contribution in [3.63, 3.8) is 0 Å². The number of carboxylic acid groups (broad SMARTS) is 1. The topological polar surface area (TPSA) is 82.5 Å². The van der Waals surface area contributed by atoms with Gasteiger partial charge in [0.25, 0.3) is 0 Å². The number of hydrogen-bond acceptors (Lipinski definition) is 4. The first kappa shape index (κ1) is 19.4. The van der Waals surface area contributed by atoms with Crippen LogP contribution < -0.4 is 10.2 Å². The van der Waals surface area contributed by atoms with E-state index in [4.69, 9.17) is 5.11 Å². The normalized spacial score (nSPS) is 10.7. The number of carboxylic acids is 1. The Morgan fingerprint density at radius 1 is 1.07 bits per heavy atom. The first-order chi connectivity index (χ1) is 13.3. The molecule has 0 saturated heterocycles. The van der Waals surface area contributed by atoms with Crippen LogP contribution in [0.1, 0.15) is 18.4 Å². The molecule has 0 spiro atoms. The number of pyridine rings is 1. The van der Waals surface area contributed by atoms with Crippen molar-refractivity contribution in [1.82, 2.24) is 4.98 Å². The van der Waals surface area contributed by atoms with E-state index in [-0.39, 0.29) is 18.7 Å². The average Bonchev–Trinajstić information content (AvgIpc) is 2.65. The lowest BCUT2D eigenvalue weighted by molar-refractivity contribution is -0.138. The van der Waals surface area contributed by atoms with E-state index in [0.717, 1.165) is 33.3 Å². The third-order valence-corrected chi connectivity index (χ3v) is 4.47. The third-order valence-electron chi connectivity index (χ3n) is 4.47. The molecule has 0 fully saturated rings. The summed E-state index contributed by atoms with van der Waals surface area (Å²) in [6.45, 7) is 2.02. The van der Waals surface area contributed by atoms with Crippen molar-refractivity contribution in [2.24, 2.45) is 0 Å². The van der Waals surface area contributed by atoms with Crippen LogP contribution in [0.5, 0.6) is 0 Å². The van der Waals surface area contributed by atoms with Crippen molar-refractivity contribution >= 4 is 34.2 Å². The van der Waals surface area contributed by atoms with Gasteiger partial charge in [-0.3, -0.25) is 9.59 Å². The van der Waals surface area contributed by atoms with E-state index in [0.29, 0.717) is 5.82 Å². The second kappa shape index (κ2) is 8.08. The van der Waals surface area contributed by atoms with Gasteiger partial charge in [0, 0.05) is 37.2 Å². The fourth-order valence-corrected chi connectivity index (χ4v) is 2.98. The molecule has 144 valence electrons. The Bertz CT molecular complexity index is 1040. The van der Waals surface area contributed by atoms with Gasteiger partial charge >= 0.3 is 5.97 Å². The molecule has 0 atom stereocenters. The summed E-state index contributed by atoms with van der Waals surface area (Å²) in [6.07, 6.45) is -0.315. The fraction of sp³-hybridized carbons (Fsp3) is 0.227. The highest BCUT2D eigenvalue weighted by molar-refractivity contribution is 6.03. The summed E-state index contributed by atoms with van der Waals surface area (Å²) < 4.78 is 0. The predicted molar refractivity (Wildman–Crippen MR) is 112 cm³/mol. The lowest BCUT2D eigenvalue weighted by atomic mass is 10.0. The second-order valence-corrected chi connectivity index (χ2v) is 6.97. The van der Waals surface area contributed by atoms with Crippen molar-refractivity contribution in [2.45, 2.75) is 19.8 Å². The Kier molecular flexibility index (Phi) is 5.59. The van der Waals surface area contributed by atoms with Crippen LogP contribution in [0.15, 0.2) is 48.5 Å². The van der Waals surface area contributed by atoms with Gasteiger partial charge in [-0.05, 0) is 36.6 Å². The van der Waals surface area contributed by atoms with Gasteiger partial charge in [0.1, 0.15) is 5.82 Å². The number of hydrogen-bond donors (Lipinski definition) is 2. The van der Waals surface area contributed by atoms with E-state index >= 15 is 0 Å². The van der Waals surface area contributed by atoms with Crippen molar-refractivity contribution in [3.8, 4) is 11.3 Å². The minimum absolute atomic E-state index is 0.0967. The molecular formula is C22H23N3O3. The molecule has 1 amide bonds. The van der Waals surface area contributed by atoms with E-state index in [1.165, 1.54) is 0 Å². The van der Waals surface area contributed by atoms with Crippen LogP contribution in [-0.4, -0.2) is 36.1 Å². The quantitative estimate of drug-likeness (QED) is 0.676. The van der Waals surface area contributed by atoms with Crippen LogP contribution in [0, 0.1) is 6.92 Å². The molecule has 3 aromatic rings. The predicted octanol–water partition coefficient (Wildman–Crippen LogP) is 4.08. The number of carbonyl (C=O) groups is 2. The molecule has 1 aromatic heterocycles. The molecule has 6 heteroatoms. The minimum Gasteiger partial charge on any atom is -0.481 e. The number of nitrogens with zero attached hydrogens (tertiary/aromatic N) is 2. The fourth-order valence-electron chi connectivity index (χ4n) is 2.98. The summed E-state index contributed by atoms with van der Waals surface area (Å²) in [7, 11) is 3.89. The maximum atomic E-state index is 12.3. The van der Waals surface area contributed by atoms with E-state index in [1.54, 1.807) is 0 Å². The Morgan fingerprint density at radius 3 is 2.54 bits per heavy atom. The molecule has 2 N–H and O–H groups in total. The summed E-state index contributed by atoms with van der Waals surface area (Å²) >= 11 is 0. The van der Waals surface area contributed by atoms with Gasteiger partial charge in [-0.2, -0.15) is 0 Å². The largest absolute Gasteiger partial charge is 0.481 e. The molecule has 2 aromatic carbocycles. The highest BCUT2D eigenvalue weighted by atomic mass is 16.4. The lowest BCUT2D eigenvalue weighted by Crippen LogP contribution is -2.15. The van der Waals surface area contributed by atoms with Crippen molar-refractivity contribution in [1.29, 1.82) is 0 Å². The summed E-state index contributed by atoms with van der Waals surface area (Å²) in [5.74, 6) is -0.933. The number of aryl methyl sites for hydroxylation is 1. The van der Waals surface area contributed by atoms with Crippen molar-refractivity contribution in [3.05, 3.63) is 54.1 Å². The standard InChI is InChI=1S/C22H23N3O3/c1-14-5-4-6-16(11-14)19-12-15-7-8-17(25(2)3)13-18(15)22(23-19)24-20(26)9-10-21(27)28/h4-8,11-13H,9-10H2,1-3H3,(H,27,28)(H,23,24,26). The molecular weight excluding hydrogens is 354 g/mol. The molecule has 28 heavy (non-hydrogen) atoms. The van der Waals surface area contributed by atoms with Gasteiger partial charge in [-0.15, -0.1) is 0 Å². The number of benzene rings is 2. The van der Waals surface area contributed by atoms with Gasteiger partial charge in [0.2, 0.25) is 5.91 Å². The van der Waals surface area contributed by atoms with E-state index < -0.39 is 5.97 Å². The third kappa shape index (κ3) is 4.46. The number of rotatable bonds is 6. The highest BCUT2D eigenvalue weighted by Crippen LogP contribution is 2.31. The van der Waals surface area contributed by atoms with Crippen molar-refractivity contribution < 1.29 is 14.7 Å². The van der Waals surface area contributed by atoms with Crippen LogP contribution >= 0.6 is 0 Å². The smallest absolute Gasteiger partial charge is 0.303 e. The van der Waals surface area contributed by atoms with Gasteiger partial charge in [-0.1, -0.05) is 29.8 Å². The number of amides is 1. The van der Waals surface area contributed by atoms with E-state index in [9.17, 15) is 9.59 Å². The van der Waals surface area contributed by atoms with Crippen LogP contribution in [0.25, 0.3) is 22.0 Å². The number of aliphatic carboxylic acids is 1. The summed E-state index contributed by atoms with van der Waals surface area (Å²) in [4.78, 5) is 29.7. The molecule has 1 heterocycles. The first-order valence-corrected chi connectivity index (χ1v) is 9.04. The molecule has 0 aliphatic heterocycles. The zero-order valence-corrected chi connectivity index (χ0v) is 16.2. The number of fused-ring (bicyclic) bond motifs is 1. The van der Waals surface area contributed by atoms with E-state index in [2.05, 4.69) is 10.3 Å². The Morgan fingerprint density at radius 2 is 1.86 bits per heavy atom. The highest BCUT2D eigenvalue weighted by Gasteiger charge is 2.13. The molecule has 6 nitrogen and oxygen atoms in total. The second-order valence-electron chi connectivity index (χ2n) is 6.97. The number of carbonyl (C=O) groups excluding carboxylic acids is 1. The molecule has 0 aliphatic carbocycles. The first-order valence-electron chi connectivity index (χ1n) is 9.04. The molecule has 0 unspecified atom stereocenters. The van der Waals surface area contributed by atoms with Crippen LogP contribution in [0.4, 0.5) is 11.5 Å². The Labute approximate surface area is 163 Å². The molecule has 3 rings (SSSR count). The summed E-state index contributed by atoms with van der Waals surface area (Å²) in [6, 6.07) is 16.0. The number of anilines is 2. The van der Waals surface area contributed by atoms with Gasteiger partial charge < -0.3 is 15.3 Å². The monoisotopic (exact) mass is 377 g/mol. The van der Waals surface area contributed by atoms with Gasteiger partial charge in [0.05, 0.1) is 12.1 Å².